The van der Waals surface area contributed by atoms with Gasteiger partial charge < -0.3 is 4.74 Å². The molecule has 2 aromatic carbocycles. The lowest BCUT2D eigenvalue weighted by atomic mass is 9.83. The lowest BCUT2D eigenvalue weighted by Gasteiger charge is -2.22. The van der Waals surface area contributed by atoms with Gasteiger partial charge in [0.1, 0.15) is 5.75 Å². The van der Waals surface area contributed by atoms with Gasteiger partial charge in [0.15, 0.2) is 0 Å². The predicted octanol–water partition coefficient (Wildman–Crippen LogP) is 6.31. The Labute approximate surface area is 141 Å². The Morgan fingerprint density at radius 1 is 0.826 bits per heavy atom. The van der Waals surface area contributed by atoms with Crippen molar-refractivity contribution in [1.82, 2.24) is 0 Å². The molecule has 23 heavy (non-hydrogen) atoms. The van der Waals surface area contributed by atoms with Gasteiger partial charge >= 0.3 is 0 Å². The number of ether oxygens (including phenoxy) is 1. The molecule has 0 aliphatic carbocycles. The van der Waals surface area contributed by atoms with E-state index in [0.29, 0.717) is 12.5 Å². The second-order valence-corrected chi connectivity index (χ2v) is 7.22. The van der Waals surface area contributed by atoms with Crippen molar-refractivity contribution in [2.24, 2.45) is 0 Å². The summed E-state index contributed by atoms with van der Waals surface area (Å²) in [6.07, 6.45) is 2.35. The van der Waals surface area contributed by atoms with Crippen LogP contribution in [0, 0.1) is 0 Å². The van der Waals surface area contributed by atoms with E-state index in [0.717, 1.165) is 5.75 Å². The molecule has 2 aromatic rings. The van der Waals surface area contributed by atoms with Gasteiger partial charge in [-0.2, -0.15) is 0 Å². The first kappa shape index (κ1) is 17.6. The van der Waals surface area contributed by atoms with Gasteiger partial charge in [0.25, 0.3) is 0 Å². The average Bonchev–Trinajstić information content (AvgIpc) is 2.53. The smallest absolute Gasteiger partial charge is 0.119 e. The lowest BCUT2D eigenvalue weighted by Crippen LogP contribution is -2.11. The van der Waals surface area contributed by atoms with Gasteiger partial charge in [-0.05, 0) is 47.6 Å². The molecule has 2 rings (SSSR count). The first-order chi connectivity index (χ1) is 11.0. The highest BCUT2D eigenvalue weighted by atomic mass is 16.5. The van der Waals surface area contributed by atoms with E-state index in [-0.39, 0.29) is 5.41 Å². The molecule has 0 amide bonds. The highest BCUT2D eigenvalue weighted by molar-refractivity contribution is 5.38. The minimum Gasteiger partial charge on any atom is -0.494 e. The van der Waals surface area contributed by atoms with Crippen LogP contribution in [0.5, 0.6) is 5.75 Å². The number of hydrogen-bond acceptors (Lipinski definition) is 1. The van der Waals surface area contributed by atoms with Crippen LogP contribution in [-0.2, 0) is 5.41 Å². The highest BCUT2D eigenvalue weighted by Gasteiger charge is 2.16. The van der Waals surface area contributed by atoms with Crippen LogP contribution in [0.25, 0.3) is 0 Å². The fourth-order valence-corrected chi connectivity index (χ4v) is 2.99. The van der Waals surface area contributed by atoms with Gasteiger partial charge in [0, 0.05) is 5.92 Å². The molecule has 0 saturated heterocycles. The van der Waals surface area contributed by atoms with E-state index in [1.54, 1.807) is 0 Å². The molecule has 0 N–H and O–H groups in total. The predicted molar refractivity (Wildman–Crippen MR) is 99.5 cm³/mol. The maximum Gasteiger partial charge on any atom is 0.119 e. The van der Waals surface area contributed by atoms with Crippen LogP contribution in [0.1, 0.15) is 70.1 Å². The maximum atomic E-state index is 5.56. The fourth-order valence-electron chi connectivity index (χ4n) is 2.99. The van der Waals surface area contributed by atoms with E-state index in [4.69, 9.17) is 4.74 Å². The van der Waals surface area contributed by atoms with E-state index < -0.39 is 0 Å². The molecule has 0 heterocycles. The molecular weight excluding hydrogens is 280 g/mol. The van der Waals surface area contributed by atoms with Gasteiger partial charge in [-0.25, -0.2) is 0 Å². The van der Waals surface area contributed by atoms with Crippen LogP contribution in [-0.4, -0.2) is 6.61 Å². The van der Waals surface area contributed by atoms with Gasteiger partial charge in [-0.3, -0.25) is 0 Å². The monoisotopic (exact) mass is 310 g/mol. The van der Waals surface area contributed by atoms with Crippen molar-refractivity contribution in [3.63, 3.8) is 0 Å². The summed E-state index contributed by atoms with van der Waals surface area (Å²) in [7, 11) is 0. The lowest BCUT2D eigenvalue weighted by molar-refractivity contribution is 0.340. The summed E-state index contributed by atoms with van der Waals surface area (Å²) < 4.78 is 5.56. The zero-order valence-corrected chi connectivity index (χ0v) is 15.2. The molecule has 0 fully saturated rings. The van der Waals surface area contributed by atoms with Crippen molar-refractivity contribution in [3.05, 3.63) is 65.2 Å². The molecule has 1 heteroatoms. The van der Waals surface area contributed by atoms with Crippen LogP contribution in [0.2, 0.25) is 0 Å². The summed E-state index contributed by atoms with van der Waals surface area (Å²) in [4.78, 5) is 0. The van der Waals surface area contributed by atoms with Crippen molar-refractivity contribution < 1.29 is 4.74 Å². The summed E-state index contributed by atoms with van der Waals surface area (Å²) in [5.41, 5.74) is 4.38. The van der Waals surface area contributed by atoms with E-state index >= 15 is 0 Å². The SMILES string of the molecule is CCCC(c1ccc(OCC)cc1)c1ccc(C(C)(C)C)cc1. The number of hydrogen-bond donors (Lipinski definition) is 0. The third-order valence-electron chi connectivity index (χ3n) is 4.35. The highest BCUT2D eigenvalue weighted by Crippen LogP contribution is 2.32. The normalized spacial score (nSPS) is 12.9. The van der Waals surface area contributed by atoms with Crippen LogP contribution in [0.3, 0.4) is 0 Å². The minimum atomic E-state index is 0.206. The number of rotatable bonds is 6. The molecule has 0 saturated carbocycles. The summed E-state index contributed by atoms with van der Waals surface area (Å²) in [6, 6.07) is 17.8. The fraction of sp³-hybridized carbons (Fsp3) is 0.455. The van der Waals surface area contributed by atoms with Crippen molar-refractivity contribution >= 4 is 0 Å². The number of benzene rings is 2. The molecule has 0 aliphatic heterocycles. The van der Waals surface area contributed by atoms with Gasteiger partial charge in [0.05, 0.1) is 6.61 Å². The molecule has 1 unspecified atom stereocenters. The van der Waals surface area contributed by atoms with Gasteiger partial charge in [-0.15, -0.1) is 0 Å². The summed E-state index contributed by atoms with van der Waals surface area (Å²) in [5, 5.41) is 0. The zero-order valence-electron chi connectivity index (χ0n) is 15.2. The van der Waals surface area contributed by atoms with Crippen LogP contribution in [0.4, 0.5) is 0 Å². The van der Waals surface area contributed by atoms with Crippen LogP contribution in [0.15, 0.2) is 48.5 Å². The van der Waals surface area contributed by atoms with Crippen molar-refractivity contribution in [1.29, 1.82) is 0 Å². The molecule has 1 nitrogen and oxygen atoms in total. The topological polar surface area (TPSA) is 9.23 Å². The van der Waals surface area contributed by atoms with Gasteiger partial charge in [-0.1, -0.05) is 70.5 Å². The third kappa shape index (κ3) is 4.60. The quantitative estimate of drug-likeness (QED) is 0.607. The van der Waals surface area contributed by atoms with Crippen molar-refractivity contribution in [2.45, 2.75) is 58.8 Å². The van der Waals surface area contributed by atoms with E-state index in [1.807, 2.05) is 6.92 Å². The van der Waals surface area contributed by atoms with E-state index in [9.17, 15) is 0 Å². The second kappa shape index (κ2) is 7.68. The minimum absolute atomic E-state index is 0.206. The van der Waals surface area contributed by atoms with Crippen molar-refractivity contribution in [3.8, 4) is 5.75 Å². The first-order valence-electron chi connectivity index (χ1n) is 8.79. The average molecular weight is 310 g/mol. The molecule has 124 valence electrons. The molecule has 0 aliphatic rings. The Bertz CT molecular complexity index is 587. The molecular formula is C22H30O. The van der Waals surface area contributed by atoms with E-state index in [1.165, 1.54) is 29.5 Å². The van der Waals surface area contributed by atoms with Crippen LogP contribution >= 0.6 is 0 Å². The summed E-state index contributed by atoms with van der Waals surface area (Å²) in [6.45, 7) is 11.8. The Kier molecular flexibility index (Phi) is 5.87. The van der Waals surface area contributed by atoms with Gasteiger partial charge in [0.2, 0.25) is 0 Å². The first-order valence-corrected chi connectivity index (χ1v) is 8.79. The Balaban J connectivity index is 2.27. The molecule has 0 aromatic heterocycles. The Morgan fingerprint density at radius 3 is 1.78 bits per heavy atom. The second-order valence-electron chi connectivity index (χ2n) is 7.22. The maximum absolute atomic E-state index is 5.56. The molecule has 0 spiro atoms. The Morgan fingerprint density at radius 2 is 1.35 bits per heavy atom. The third-order valence-corrected chi connectivity index (χ3v) is 4.35. The molecule has 0 bridgehead atoms. The zero-order chi connectivity index (χ0) is 16.9. The molecule has 0 radical (unpaired) electrons. The van der Waals surface area contributed by atoms with Crippen molar-refractivity contribution in [2.75, 3.05) is 6.61 Å². The standard InChI is InChI=1S/C22H30O/c1-6-8-21(18-11-15-20(16-12-18)23-7-2)17-9-13-19(14-10-17)22(3,4)5/h9-16,21H,6-8H2,1-5H3. The van der Waals surface area contributed by atoms with E-state index in [2.05, 4.69) is 76.2 Å². The molecule has 1 atom stereocenters. The summed E-state index contributed by atoms with van der Waals surface area (Å²) >= 11 is 0. The largest absolute Gasteiger partial charge is 0.494 e. The Hall–Kier alpha value is -1.76. The summed E-state index contributed by atoms with van der Waals surface area (Å²) in [5.74, 6) is 1.42. The van der Waals surface area contributed by atoms with Crippen LogP contribution < -0.4 is 4.74 Å².